The third-order valence-electron chi connectivity index (χ3n) is 2.38. The van der Waals surface area contributed by atoms with Crippen molar-refractivity contribution in [1.82, 2.24) is 9.78 Å². The Balaban J connectivity index is 2.98. The van der Waals surface area contributed by atoms with Crippen LogP contribution in [0.1, 0.15) is 15.9 Å². The molecule has 0 atom stereocenters. The van der Waals surface area contributed by atoms with E-state index in [0.29, 0.717) is 11.1 Å². The first-order valence-corrected chi connectivity index (χ1v) is 5.45. The second kappa shape index (κ2) is 3.48. The molecule has 1 aromatic carbocycles. The first-order valence-electron chi connectivity index (χ1n) is 4.37. The van der Waals surface area contributed by atoms with Crippen LogP contribution in [0.15, 0.2) is 12.1 Å². The van der Waals surface area contributed by atoms with Crippen molar-refractivity contribution < 1.29 is 9.90 Å². The summed E-state index contributed by atoms with van der Waals surface area (Å²) in [5.74, 6) is -0.917. The van der Waals surface area contributed by atoms with Crippen LogP contribution in [0.5, 0.6) is 0 Å². The molecule has 0 radical (unpaired) electrons. The molecule has 0 spiro atoms. The van der Waals surface area contributed by atoms with Gasteiger partial charge < -0.3 is 5.11 Å². The van der Waals surface area contributed by atoms with Gasteiger partial charge in [-0.2, -0.15) is 5.10 Å². The molecule has 1 N–H and O–H groups in total. The van der Waals surface area contributed by atoms with Gasteiger partial charge in [0.1, 0.15) is 3.70 Å². The summed E-state index contributed by atoms with van der Waals surface area (Å²) in [5.41, 5.74) is 2.04. The number of carboxylic acids is 1. The van der Waals surface area contributed by atoms with Crippen molar-refractivity contribution in [2.24, 2.45) is 7.05 Å². The van der Waals surface area contributed by atoms with Crippen molar-refractivity contribution in [3.63, 3.8) is 0 Å². The first-order chi connectivity index (χ1) is 7.02. The molecular formula is C10H9IN2O2. The van der Waals surface area contributed by atoms with E-state index in [4.69, 9.17) is 5.11 Å². The second-order valence-corrected chi connectivity index (χ2v) is 4.40. The summed E-state index contributed by atoms with van der Waals surface area (Å²) in [6, 6.07) is 3.44. The van der Waals surface area contributed by atoms with Gasteiger partial charge in [-0.3, -0.25) is 4.68 Å². The van der Waals surface area contributed by atoms with E-state index in [1.54, 1.807) is 17.8 Å². The number of carbonyl (C=O) groups is 1. The maximum absolute atomic E-state index is 11.0. The molecule has 0 bridgehead atoms. The summed E-state index contributed by atoms with van der Waals surface area (Å²) in [7, 11) is 1.76. The molecule has 0 aliphatic heterocycles. The number of hydrogen-bond acceptors (Lipinski definition) is 2. The van der Waals surface area contributed by atoms with Crippen LogP contribution in [0.25, 0.3) is 10.9 Å². The molecule has 1 aromatic heterocycles. The predicted octanol–water partition coefficient (Wildman–Crippen LogP) is 2.18. The van der Waals surface area contributed by atoms with E-state index in [9.17, 15) is 4.79 Å². The lowest BCUT2D eigenvalue weighted by Gasteiger charge is -2.02. The van der Waals surface area contributed by atoms with Crippen LogP contribution in [0.3, 0.4) is 0 Å². The SMILES string of the molecule is Cc1ccc(C(=O)O)c2c1c(I)nn2C. The van der Waals surface area contributed by atoms with Crippen LogP contribution in [0, 0.1) is 10.6 Å². The summed E-state index contributed by atoms with van der Waals surface area (Å²) in [4.78, 5) is 11.0. The number of hydrogen-bond donors (Lipinski definition) is 1. The van der Waals surface area contributed by atoms with Crippen LogP contribution >= 0.6 is 22.6 Å². The van der Waals surface area contributed by atoms with Gasteiger partial charge in [-0.25, -0.2) is 4.79 Å². The van der Waals surface area contributed by atoms with Crippen molar-refractivity contribution in [3.05, 3.63) is 27.0 Å². The van der Waals surface area contributed by atoms with Crippen molar-refractivity contribution in [2.75, 3.05) is 0 Å². The molecule has 0 saturated carbocycles. The fraction of sp³-hybridized carbons (Fsp3) is 0.200. The van der Waals surface area contributed by atoms with Gasteiger partial charge in [-0.1, -0.05) is 6.07 Å². The van der Waals surface area contributed by atoms with Crippen molar-refractivity contribution in [3.8, 4) is 0 Å². The summed E-state index contributed by atoms with van der Waals surface area (Å²) in [6.45, 7) is 1.96. The fourth-order valence-corrected chi connectivity index (χ4v) is 2.70. The summed E-state index contributed by atoms with van der Waals surface area (Å²) in [6.07, 6.45) is 0. The molecule has 0 aliphatic carbocycles. The molecule has 2 rings (SSSR count). The number of aromatic carboxylic acids is 1. The molecule has 4 nitrogen and oxygen atoms in total. The Labute approximate surface area is 100 Å². The molecule has 15 heavy (non-hydrogen) atoms. The Kier molecular flexibility index (Phi) is 2.41. The highest BCUT2D eigenvalue weighted by molar-refractivity contribution is 14.1. The van der Waals surface area contributed by atoms with Gasteiger partial charge in [0.05, 0.1) is 11.1 Å². The molecular weight excluding hydrogens is 307 g/mol. The fourth-order valence-electron chi connectivity index (χ4n) is 1.69. The van der Waals surface area contributed by atoms with Crippen LogP contribution in [-0.2, 0) is 7.05 Å². The van der Waals surface area contributed by atoms with Crippen LogP contribution in [-0.4, -0.2) is 20.9 Å². The first kappa shape index (κ1) is 10.4. The van der Waals surface area contributed by atoms with Crippen LogP contribution < -0.4 is 0 Å². The molecule has 0 aliphatic rings. The number of aryl methyl sites for hydroxylation is 2. The normalized spacial score (nSPS) is 10.9. The maximum atomic E-state index is 11.0. The Morgan fingerprint density at radius 3 is 2.80 bits per heavy atom. The van der Waals surface area contributed by atoms with E-state index in [2.05, 4.69) is 27.7 Å². The van der Waals surface area contributed by atoms with E-state index < -0.39 is 5.97 Å². The topological polar surface area (TPSA) is 55.1 Å². The van der Waals surface area contributed by atoms with E-state index in [1.807, 2.05) is 13.0 Å². The number of rotatable bonds is 1. The zero-order valence-corrected chi connectivity index (χ0v) is 10.4. The Hall–Kier alpha value is -1.11. The van der Waals surface area contributed by atoms with Gasteiger partial charge in [0.2, 0.25) is 0 Å². The monoisotopic (exact) mass is 316 g/mol. The molecule has 1 heterocycles. The third kappa shape index (κ3) is 1.50. The van der Waals surface area contributed by atoms with Gasteiger partial charge in [0.25, 0.3) is 0 Å². The van der Waals surface area contributed by atoms with E-state index in [1.165, 1.54) is 0 Å². The third-order valence-corrected chi connectivity index (χ3v) is 3.14. The van der Waals surface area contributed by atoms with E-state index in [0.717, 1.165) is 14.7 Å². The predicted molar refractivity (Wildman–Crippen MR) is 65.1 cm³/mol. The lowest BCUT2D eigenvalue weighted by Crippen LogP contribution is -2.01. The van der Waals surface area contributed by atoms with Gasteiger partial charge in [0.15, 0.2) is 0 Å². The molecule has 2 aromatic rings. The minimum absolute atomic E-state index is 0.300. The number of halogens is 1. The molecule has 0 fully saturated rings. The smallest absolute Gasteiger partial charge is 0.337 e. The molecule has 0 amide bonds. The Morgan fingerprint density at radius 2 is 2.20 bits per heavy atom. The van der Waals surface area contributed by atoms with Crippen molar-refractivity contribution >= 4 is 39.5 Å². The lowest BCUT2D eigenvalue weighted by molar-refractivity contribution is 0.0698. The highest BCUT2D eigenvalue weighted by atomic mass is 127. The molecule has 5 heteroatoms. The molecule has 0 saturated heterocycles. The van der Waals surface area contributed by atoms with Gasteiger partial charge >= 0.3 is 5.97 Å². The quantitative estimate of drug-likeness (QED) is 0.821. The van der Waals surface area contributed by atoms with Crippen molar-refractivity contribution in [1.29, 1.82) is 0 Å². The second-order valence-electron chi connectivity index (χ2n) is 3.37. The van der Waals surface area contributed by atoms with Gasteiger partial charge in [-0.05, 0) is 41.1 Å². The average molecular weight is 316 g/mol. The van der Waals surface area contributed by atoms with Crippen LogP contribution in [0.4, 0.5) is 0 Å². The Bertz CT molecular complexity index is 560. The number of nitrogens with zero attached hydrogens (tertiary/aromatic N) is 2. The summed E-state index contributed by atoms with van der Waals surface area (Å²) >= 11 is 2.12. The average Bonchev–Trinajstić information content (AvgIpc) is 2.43. The zero-order valence-electron chi connectivity index (χ0n) is 8.28. The van der Waals surface area contributed by atoms with E-state index >= 15 is 0 Å². The highest BCUT2D eigenvalue weighted by Crippen LogP contribution is 2.26. The Morgan fingerprint density at radius 1 is 1.53 bits per heavy atom. The number of fused-ring (bicyclic) bond motifs is 1. The number of aromatic nitrogens is 2. The zero-order chi connectivity index (χ0) is 11.2. The summed E-state index contributed by atoms with van der Waals surface area (Å²) < 4.78 is 2.46. The van der Waals surface area contributed by atoms with Gasteiger partial charge in [0, 0.05) is 12.4 Å². The van der Waals surface area contributed by atoms with Gasteiger partial charge in [-0.15, -0.1) is 0 Å². The largest absolute Gasteiger partial charge is 0.478 e. The number of benzene rings is 1. The molecule has 78 valence electrons. The number of carboxylic acid groups (broad SMARTS) is 1. The maximum Gasteiger partial charge on any atom is 0.337 e. The minimum Gasteiger partial charge on any atom is -0.478 e. The minimum atomic E-state index is -0.917. The highest BCUT2D eigenvalue weighted by Gasteiger charge is 2.16. The van der Waals surface area contributed by atoms with Crippen molar-refractivity contribution in [2.45, 2.75) is 6.92 Å². The molecule has 0 unspecified atom stereocenters. The lowest BCUT2D eigenvalue weighted by atomic mass is 10.1. The van der Waals surface area contributed by atoms with E-state index in [-0.39, 0.29) is 0 Å². The summed E-state index contributed by atoms with van der Waals surface area (Å²) in [5, 5.41) is 14.2. The standard InChI is InChI=1S/C10H9IN2O2/c1-5-3-4-6(10(14)15)8-7(5)9(11)12-13(8)2/h3-4H,1-2H3,(H,14,15). The van der Waals surface area contributed by atoms with Crippen LogP contribution in [0.2, 0.25) is 0 Å².